The molecule has 0 heterocycles. The molecule has 3 N–H and O–H groups in total. The number of hydrogen-bond acceptors (Lipinski definition) is 2. The van der Waals surface area contributed by atoms with Crippen molar-refractivity contribution in [1.82, 2.24) is 5.32 Å². The van der Waals surface area contributed by atoms with Crippen molar-refractivity contribution in [2.24, 2.45) is 35.3 Å². The van der Waals surface area contributed by atoms with Gasteiger partial charge in [0.1, 0.15) is 0 Å². The van der Waals surface area contributed by atoms with Crippen LogP contribution in [0.1, 0.15) is 39.5 Å². The Kier molecular flexibility index (Phi) is 2.69. The Balaban J connectivity index is 1.54. The lowest BCUT2D eigenvalue weighted by Gasteiger charge is -2.19. The van der Waals surface area contributed by atoms with Crippen molar-refractivity contribution in [2.45, 2.75) is 51.6 Å². The van der Waals surface area contributed by atoms with Gasteiger partial charge in [0.05, 0.1) is 6.04 Å². The van der Waals surface area contributed by atoms with Crippen molar-refractivity contribution in [3.05, 3.63) is 0 Å². The van der Waals surface area contributed by atoms with E-state index in [0.717, 1.165) is 30.1 Å². The van der Waals surface area contributed by atoms with E-state index in [1.807, 2.05) is 0 Å². The normalized spacial score (nSPS) is 45.2. The number of carbonyl (C=O) groups is 1. The molecular formula is C14H24N2O. The summed E-state index contributed by atoms with van der Waals surface area (Å²) in [4.78, 5) is 12.0. The molecule has 3 rings (SSSR count). The molecule has 3 heteroatoms. The third kappa shape index (κ3) is 1.70. The van der Waals surface area contributed by atoms with E-state index in [9.17, 15) is 4.79 Å². The Morgan fingerprint density at radius 1 is 1.35 bits per heavy atom. The molecule has 0 spiro atoms. The molecule has 2 bridgehead atoms. The summed E-state index contributed by atoms with van der Waals surface area (Å²) >= 11 is 0. The molecule has 0 radical (unpaired) electrons. The fourth-order valence-electron chi connectivity index (χ4n) is 4.29. The molecule has 0 aromatic heterocycles. The Hall–Kier alpha value is -0.570. The summed E-state index contributed by atoms with van der Waals surface area (Å²) in [7, 11) is 0. The van der Waals surface area contributed by atoms with Crippen LogP contribution in [0.15, 0.2) is 0 Å². The smallest absolute Gasteiger partial charge is 0.237 e. The molecule has 6 atom stereocenters. The minimum absolute atomic E-state index is 0.0816. The van der Waals surface area contributed by atoms with Gasteiger partial charge in [-0.2, -0.15) is 0 Å². The SMILES string of the molecule is CC[C@H](C)[C@H](N)C(=O)NC1C2C3CCC(C3)C12. The van der Waals surface area contributed by atoms with Gasteiger partial charge in [-0.15, -0.1) is 0 Å². The second-order valence-corrected chi connectivity index (χ2v) is 6.43. The monoisotopic (exact) mass is 236 g/mol. The lowest BCUT2D eigenvalue weighted by atomic mass is 9.99. The Morgan fingerprint density at radius 3 is 2.47 bits per heavy atom. The first kappa shape index (κ1) is 11.5. The third-order valence-corrected chi connectivity index (χ3v) is 5.60. The summed E-state index contributed by atoms with van der Waals surface area (Å²) in [6.07, 6.45) is 5.20. The first-order chi connectivity index (χ1) is 8.13. The highest BCUT2D eigenvalue weighted by Crippen LogP contribution is 2.65. The highest BCUT2D eigenvalue weighted by molar-refractivity contribution is 5.82. The average Bonchev–Trinajstić information content (AvgIpc) is 2.75. The summed E-state index contributed by atoms with van der Waals surface area (Å²) in [6, 6.07) is 0.155. The molecule has 3 nitrogen and oxygen atoms in total. The molecule has 0 aromatic rings. The zero-order valence-corrected chi connectivity index (χ0v) is 10.9. The number of nitrogens with one attached hydrogen (secondary N) is 1. The van der Waals surface area contributed by atoms with Gasteiger partial charge < -0.3 is 11.1 Å². The van der Waals surface area contributed by atoms with E-state index in [0.29, 0.717) is 6.04 Å². The number of nitrogens with two attached hydrogens (primary N) is 1. The Bertz CT molecular complexity index is 314. The summed E-state index contributed by atoms with van der Waals surface area (Å²) in [5.41, 5.74) is 5.97. The largest absolute Gasteiger partial charge is 0.351 e. The van der Waals surface area contributed by atoms with Crippen LogP contribution >= 0.6 is 0 Å². The Morgan fingerprint density at radius 2 is 1.94 bits per heavy atom. The van der Waals surface area contributed by atoms with Crippen LogP contribution in [0.4, 0.5) is 0 Å². The maximum absolute atomic E-state index is 12.0. The van der Waals surface area contributed by atoms with E-state index in [4.69, 9.17) is 5.73 Å². The highest BCUT2D eigenvalue weighted by Gasteiger charge is 2.65. The predicted molar refractivity (Wildman–Crippen MR) is 67.2 cm³/mol. The average molecular weight is 236 g/mol. The van der Waals surface area contributed by atoms with Crippen molar-refractivity contribution in [1.29, 1.82) is 0 Å². The number of amides is 1. The molecule has 3 saturated carbocycles. The number of rotatable bonds is 4. The van der Waals surface area contributed by atoms with Gasteiger partial charge in [-0.05, 0) is 48.9 Å². The molecule has 17 heavy (non-hydrogen) atoms. The van der Waals surface area contributed by atoms with Crippen LogP contribution in [0.3, 0.4) is 0 Å². The first-order valence-corrected chi connectivity index (χ1v) is 7.19. The third-order valence-electron chi connectivity index (χ3n) is 5.60. The van der Waals surface area contributed by atoms with E-state index in [1.54, 1.807) is 0 Å². The molecule has 0 aliphatic heterocycles. The predicted octanol–water partition coefficient (Wildman–Crippen LogP) is 1.52. The van der Waals surface area contributed by atoms with E-state index in [2.05, 4.69) is 19.2 Å². The zero-order chi connectivity index (χ0) is 12.2. The molecule has 3 aliphatic rings. The molecule has 0 saturated heterocycles. The minimum atomic E-state index is -0.320. The standard InChI is InChI=1S/C14H24N2O/c1-3-7(2)12(15)14(17)16-13-10-8-4-5-9(6-8)11(10)13/h7-13H,3-6,15H2,1-2H3,(H,16,17)/t7-,8?,9?,10?,11?,12-,13?/m0/s1. The second kappa shape index (κ2) is 3.98. The van der Waals surface area contributed by atoms with Crippen LogP contribution in [-0.4, -0.2) is 18.0 Å². The number of carbonyl (C=O) groups excluding carboxylic acids is 1. The number of hydrogen-bond donors (Lipinski definition) is 2. The van der Waals surface area contributed by atoms with Gasteiger partial charge in [-0.1, -0.05) is 20.3 Å². The van der Waals surface area contributed by atoms with E-state index in [-0.39, 0.29) is 17.9 Å². The molecule has 0 aromatic carbocycles. The van der Waals surface area contributed by atoms with Gasteiger partial charge in [0.15, 0.2) is 0 Å². The topological polar surface area (TPSA) is 55.1 Å². The fraction of sp³-hybridized carbons (Fsp3) is 0.929. The Labute approximate surface area is 104 Å². The van der Waals surface area contributed by atoms with Crippen molar-refractivity contribution < 1.29 is 4.79 Å². The molecule has 1 amide bonds. The van der Waals surface area contributed by atoms with E-state index in [1.165, 1.54) is 19.3 Å². The van der Waals surface area contributed by atoms with Crippen LogP contribution in [0.2, 0.25) is 0 Å². The van der Waals surface area contributed by atoms with Crippen LogP contribution in [0, 0.1) is 29.6 Å². The second-order valence-electron chi connectivity index (χ2n) is 6.43. The van der Waals surface area contributed by atoms with Gasteiger partial charge in [0.2, 0.25) is 5.91 Å². The van der Waals surface area contributed by atoms with Gasteiger partial charge >= 0.3 is 0 Å². The maximum atomic E-state index is 12.0. The first-order valence-electron chi connectivity index (χ1n) is 7.19. The molecular weight excluding hydrogens is 212 g/mol. The van der Waals surface area contributed by atoms with Crippen LogP contribution in [-0.2, 0) is 4.79 Å². The van der Waals surface area contributed by atoms with Gasteiger partial charge in [-0.25, -0.2) is 0 Å². The quantitative estimate of drug-likeness (QED) is 0.777. The van der Waals surface area contributed by atoms with Crippen molar-refractivity contribution in [2.75, 3.05) is 0 Å². The van der Waals surface area contributed by atoms with Crippen molar-refractivity contribution >= 4 is 5.91 Å². The lowest BCUT2D eigenvalue weighted by Crippen LogP contribution is -2.46. The maximum Gasteiger partial charge on any atom is 0.237 e. The van der Waals surface area contributed by atoms with Crippen molar-refractivity contribution in [3.63, 3.8) is 0 Å². The summed E-state index contributed by atoms with van der Waals surface area (Å²) in [5, 5.41) is 3.21. The fourth-order valence-corrected chi connectivity index (χ4v) is 4.29. The van der Waals surface area contributed by atoms with E-state index >= 15 is 0 Å². The van der Waals surface area contributed by atoms with Crippen LogP contribution < -0.4 is 11.1 Å². The molecule has 4 unspecified atom stereocenters. The van der Waals surface area contributed by atoms with Gasteiger partial charge in [0.25, 0.3) is 0 Å². The van der Waals surface area contributed by atoms with Gasteiger partial charge in [-0.3, -0.25) is 4.79 Å². The summed E-state index contributed by atoms with van der Waals surface area (Å²) < 4.78 is 0. The molecule has 3 fully saturated rings. The van der Waals surface area contributed by atoms with Crippen LogP contribution in [0.5, 0.6) is 0 Å². The van der Waals surface area contributed by atoms with Crippen LogP contribution in [0.25, 0.3) is 0 Å². The lowest BCUT2D eigenvalue weighted by molar-refractivity contribution is -0.123. The minimum Gasteiger partial charge on any atom is -0.351 e. The summed E-state index contributed by atoms with van der Waals surface area (Å²) in [5.74, 6) is 3.80. The van der Waals surface area contributed by atoms with E-state index < -0.39 is 0 Å². The zero-order valence-electron chi connectivity index (χ0n) is 10.9. The number of fused-ring (bicyclic) bond motifs is 5. The highest BCUT2D eigenvalue weighted by atomic mass is 16.2. The van der Waals surface area contributed by atoms with Gasteiger partial charge in [0, 0.05) is 6.04 Å². The molecule has 96 valence electrons. The summed E-state index contributed by atoms with van der Waals surface area (Å²) in [6.45, 7) is 4.14. The molecule has 3 aliphatic carbocycles. The van der Waals surface area contributed by atoms with Crippen molar-refractivity contribution in [3.8, 4) is 0 Å².